The van der Waals surface area contributed by atoms with E-state index in [0.29, 0.717) is 6.04 Å². The van der Waals surface area contributed by atoms with Crippen LogP contribution in [0.2, 0.25) is 0 Å². The average molecular weight is 346 g/mol. The van der Waals surface area contributed by atoms with Crippen molar-refractivity contribution in [2.75, 3.05) is 19.7 Å². The van der Waals surface area contributed by atoms with Gasteiger partial charge in [-0.3, -0.25) is 14.6 Å². The predicted molar refractivity (Wildman–Crippen MR) is 92.7 cm³/mol. The molecule has 0 saturated carbocycles. The second-order valence-electron chi connectivity index (χ2n) is 6.98. The number of morpholine rings is 1. The lowest BCUT2D eigenvalue weighted by Gasteiger charge is -2.36. The number of pyridine rings is 1. The van der Waals surface area contributed by atoms with Gasteiger partial charge in [0.15, 0.2) is 6.10 Å². The van der Waals surface area contributed by atoms with Gasteiger partial charge in [0, 0.05) is 37.6 Å². The number of ether oxygens (including phenoxy) is 1. The summed E-state index contributed by atoms with van der Waals surface area (Å²) in [6.45, 7) is 6.25. The molecule has 0 radical (unpaired) electrons. The monoisotopic (exact) mass is 346 g/mol. The van der Waals surface area contributed by atoms with Gasteiger partial charge in [-0.05, 0) is 38.3 Å². The van der Waals surface area contributed by atoms with Crippen molar-refractivity contribution in [2.24, 2.45) is 0 Å². The van der Waals surface area contributed by atoms with Crippen molar-refractivity contribution in [3.8, 4) is 0 Å². The molecule has 2 N–H and O–H groups in total. The fraction of sp³-hybridized carbons (Fsp3) is 0.611. The molecule has 2 aliphatic heterocycles. The molecule has 2 amide bonds. The molecule has 136 valence electrons. The number of likely N-dealkylation sites (tertiary alicyclic amines) is 1. The Bertz CT molecular complexity index is 600. The van der Waals surface area contributed by atoms with Crippen LogP contribution in [0.1, 0.15) is 38.3 Å². The summed E-state index contributed by atoms with van der Waals surface area (Å²) in [6, 6.07) is 3.80. The number of piperidine rings is 1. The lowest BCUT2D eigenvalue weighted by atomic mass is 9.99. The summed E-state index contributed by atoms with van der Waals surface area (Å²) >= 11 is 0. The molecule has 3 rings (SSSR count). The lowest BCUT2D eigenvalue weighted by molar-refractivity contribution is -0.148. The standard InChI is InChI=1S/C18H26N4O3/c1-12(2)22-8-5-14(6-9-22)20-18(24)17-16(21-15(23)11-25-17)13-4-3-7-19-10-13/h3-4,7,10,12,14,16-17H,5-6,8-9,11H2,1-2H3,(H,20,24)(H,21,23). The maximum Gasteiger partial charge on any atom is 0.251 e. The van der Waals surface area contributed by atoms with E-state index in [2.05, 4.69) is 34.4 Å². The van der Waals surface area contributed by atoms with Gasteiger partial charge in [-0.25, -0.2) is 0 Å². The van der Waals surface area contributed by atoms with Gasteiger partial charge in [-0.15, -0.1) is 0 Å². The van der Waals surface area contributed by atoms with E-state index in [9.17, 15) is 9.59 Å². The van der Waals surface area contributed by atoms with E-state index in [1.807, 2.05) is 6.07 Å². The van der Waals surface area contributed by atoms with Gasteiger partial charge in [-0.2, -0.15) is 0 Å². The SMILES string of the molecule is CC(C)N1CCC(NC(=O)C2OCC(=O)NC2c2cccnc2)CC1. The van der Waals surface area contributed by atoms with Crippen molar-refractivity contribution in [3.05, 3.63) is 30.1 Å². The Morgan fingerprint density at radius 2 is 2.16 bits per heavy atom. The summed E-state index contributed by atoms with van der Waals surface area (Å²) < 4.78 is 5.56. The zero-order valence-electron chi connectivity index (χ0n) is 14.8. The third-order valence-electron chi connectivity index (χ3n) is 4.92. The first-order valence-corrected chi connectivity index (χ1v) is 8.90. The minimum Gasteiger partial charge on any atom is -0.356 e. The summed E-state index contributed by atoms with van der Waals surface area (Å²) in [7, 11) is 0. The van der Waals surface area contributed by atoms with E-state index in [0.717, 1.165) is 31.5 Å². The summed E-state index contributed by atoms with van der Waals surface area (Å²) in [5, 5.41) is 5.95. The quantitative estimate of drug-likeness (QED) is 0.835. The zero-order valence-corrected chi connectivity index (χ0v) is 14.8. The molecule has 7 nitrogen and oxygen atoms in total. The minimum absolute atomic E-state index is 0.0966. The number of hydrogen-bond acceptors (Lipinski definition) is 5. The molecule has 1 aromatic heterocycles. The summed E-state index contributed by atoms with van der Waals surface area (Å²) in [5.41, 5.74) is 0.769. The molecule has 2 unspecified atom stereocenters. The number of nitrogens with one attached hydrogen (secondary N) is 2. The molecule has 0 spiro atoms. The topological polar surface area (TPSA) is 83.6 Å². The van der Waals surface area contributed by atoms with Gasteiger partial charge in [0.1, 0.15) is 6.61 Å². The lowest BCUT2D eigenvalue weighted by Crippen LogP contribution is -2.55. The molecule has 0 bridgehead atoms. The van der Waals surface area contributed by atoms with E-state index in [1.54, 1.807) is 18.5 Å². The van der Waals surface area contributed by atoms with E-state index in [4.69, 9.17) is 4.74 Å². The molecule has 3 heterocycles. The maximum absolute atomic E-state index is 12.8. The summed E-state index contributed by atoms with van der Waals surface area (Å²) in [6.07, 6.45) is 4.44. The zero-order chi connectivity index (χ0) is 17.8. The van der Waals surface area contributed by atoms with Crippen molar-refractivity contribution >= 4 is 11.8 Å². The Labute approximate surface area is 148 Å². The summed E-state index contributed by atoms with van der Waals surface area (Å²) in [4.78, 5) is 31.0. The Kier molecular flexibility index (Phi) is 5.65. The number of hydrogen-bond donors (Lipinski definition) is 2. The highest BCUT2D eigenvalue weighted by Crippen LogP contribution is 2.23. The van der Waals surface area contributed by atoms with Crippen LogP contribution in [-0.4, -0.2) is 59.6 Å². The van der Waals surface area contributed by atoms with Crippen LogP contribution in [-0.2, 0) is 14.3 Å². The van der Waals surface area contributed by atoms with E-state index in [1.165, 1.54) is 0 Å². The van der Waals surface area contributed by atoms with Crippen LogP contribution in [0.25, 0.3) is 0 Å². The number of nitrogens with zero attached hydrogens (tertiary/aromatic N) is 2. The molecular formula is C18H26N4O3. The van der Waals surface area contributed by atoms with Gasteiger partial charge >= 0.3 is 0 Å². The highest BCUT2D eigenvalue weighted by molar-refractivity contribution is 5.86. The first-order valence-electron chi connectivity index (χ1n) is 8.90. The predicted octanol–water partition coefficient (Wildman–Crippen LogP) is 0.627. The maximum atomic E-state index is 12.8. The van der Waals surface area contributed by atoms with Crippen LogP contribution in [0.15, 0.2) is 24.5 Å². The number of rotatable bonds is 4. The molecule has 0 aromatic carbocycles. The van der Waals surface area contributed by atoms with Crippen LogP contribution < -0.4 is 10.6 Å². The van der Waals surface area contributed by atoms with E-state index in [-0.39, 0.29) is 24.5 Å². The third-order valence-corrected chi connectivity index (χ3v) is 4.92. The number of carbonyl (C=O) groups excluding carboxylic acids is 2. The number of carbonyl (C=O) groups is 2. The molecule has 1 aromatic rings. The largest absolute Gasteiger partial charge is 0.356 e. The van der Waals surface area contributed by atoms with Crippen molar-refractivity contribution in [1.82, 2.24) is 20.5 Å². The van der Waals surface area contributed by atoms with E-state index >= 15 is 0 Å². The second kappa shape index (κ2) is 7.93. The fourth-order valence-corrected chi connectivity index (χ4v) is 3.44. The normalized spacial score (nSPS) is 25.6. The molecular weight excluding hydrogens is 320 g/mol. The Balaban J connectivity index is 1.63. The van der Waals surface area contributed by atoms with Crippen LogP contribution in [0.5, 0.6) is 0 Å². The van der Waals surface area contributed by atoms with Gasteiger partial charge in [-0.1, -0.05) is 6.07 Å². The molecule has 0 aliphatic carbocycles. The first kappa shape index (κ1) is 17.8. The van der Waals surface area contributed by atoms with Gasteiger partial charge < -0.3 is 20.3 Å². The van der Waals surface area contributed by atoms with Crippen molar-refractivity contribution in [2.45, 2.75) is 50.9 Å². The second-order valence-corrected chi connectivity index (χ2v) is 6.98. The number of amides is 2. The first-order chi connectivity index (χ1) is 12.0. The van der Waals surface area contributed by atoms with Crippen LogP contribution in [0, 0.1) is 0 Å². The van der Waals surface area contributed by atoms with Crippen molar-refractivity contribution in [1.29, 1.82) is 0 Å². The Hall–Kier alpha value is -1.99. The molecule has 2 fully saturated rings. The van der Waals surface area contributed by atoms with Crippen LogP contribution in [0.3, 0.4) is 0 Å². The van der Waals surface area contributed by atoms with Crippen molar-refractivity contribution in [3.63, 3.8) is 0 Å². The Morgan fingerprint density at radius 3 is 2.80 bits per heavy atom. The molecule has 2 aliphatic rings. The molecule has 25 heavy (non-hydrogen) atoms. The molecule has 2 atom stereocenters. The highest BCUT2D eigenvalue weighted by atomic mass is 16.5. The van der Waals surface area contributed by atoms with Gasteiger partial charge in [0.2, 0.25) is 5.91 Å². The number of aromatic nitrogens is 1. The smallest absolute Gasteiger partial charge is 0.251 e. The average Bonchev–Trinajstić information content (AvgIpc) is 2.62. The minimum atomic E-state index is -0.731. The van der Waals surface area contributed by atoms with Gasteiger partial charge in [0.25, 0.3) is 5.91 Å². The van der Waals surface area contributed by atoms with Crippen LogP contribution >= 0.6 is 0 Å². The third kappa shape index (κ3) is 4.35. The Morgan fingerprint density at radius 1 is 1.40 bits per heavy atom. The summed E-state index contributed by atoms with van der Waals surface area (Å²) in [5.74, 6) is -0.389. The fourth-order valence-electron chi connectivity index (χ4n) is 3.44. The van der Waals surface area contributed by atoms with Gasteiger partial charge in [0.05, 0.1) is 6.04 Å². The highest BCUT2D eigenvalue weighted by Gasteiger charge is 2.37. The molecule has 7 heteroatoms. The molecule has 2 saturated heterocycles. The van der Waals surface area contributed by atoms with Crippen LogP contribution in [0.4, 0.5) is 0 Å². The van der Waals surface area contributed by atoms with E-state index < -0.39 is 12.1 Å². The van der Waals surface area contributed by atoms with Crippen molar-refractivity contribution < 1.29 is 14.3 Å².